The monoisotopic (exact) mass is 311 g/mol. The highest BCUT2D eigenvalue weighted by atomic mass is 33.1. The van der Waals surface area contributed by atoms with Crippen molar-refractivity contribution in [2.24, 2.45) is 0 Å². The lowest BCUT2D eigenvalue weighted by molar-refractivity contribution is -0.884. The lowest BCUT2D eigenvalue weighted by Gasteiger charge is -2.30. The molecule has 0 spiro atoms. The van der Waals surface area contributed by atoms with Gasteiger partial charge >= 0.3 is 11.9 Å². The van der Waals surface area contributed by atoms with Crippen molar-refractivity contribution in [2.75, 3.05) is 46.7 Å². The number of aliphatic carboxylic acids is 2. The van der Waals surface area contributed by atoms with E-state index in [-0.39, 0.29) is 0 Å². The number of quaternary nitrogens is 1. The number of nitrogens with zero attached hydrogens (tertiary/aromatic N) is 2. The van der Waals surface area contributed by atoms with Crippen molar-refractivity contribution in [3.8, 4) is 0 Å². The minimum absolute atomic E-state index is 0.346. The molecule has 19 heavy (non-hydrogen) atoms. The van der Waals surface area contributed by atoms with Crippen molar-refractivity contribution in [3.63, 3.8) is 0 Å². The van der Waals surface area contributed by atoms with E-state index in [1.807, 2.05) is 21.1 Å². The van der Waals surface area contributed by atoms with Crippen molar-refractivity contribution in [2.45, 2.75) is 12.1 Å². The van der Waals surface area contributed by atoms with Gasteiger partial charge in [-0.1, -0.05) is 21.6 Å². The molecule has 0 aromatic rings. The Hall–Kier alpha value is -0.440. The maximum Gasteiger partial charge on any atom is 0.363 e. The van der Waals surface area contributed by atoms with Crippen molar-refractivity contribution in [1.82, 2.24) is 4.90 Å². The molecular formula is C11H23N2O4S2+. The molecule has 0 amide bonds. The zero-order valence-electron chi connectivity index (χ0n) is 12.0. The van der Waals surface area contributed by atoms with Crippen LogP contribution in [0.15, 0.2) is 0 Å². The number of likely N-dealkylation sites (N-methyl/N-ethyl adjacent to an activating group) is 2. The smallest absolute Gasteiger partial charge is 0.363 e. The highest BCUT2D eigenvalue weighted by Gasteiger charge is 2.31. The Morgan fingerprint density at radius 2 is 1.53 bits per heavy atom. The molecule has 0 saturated heterocycles. The van der Waals surface area contributed by atoms with Crippen LogP contribution in [0.3, 0.4) is 0 Å². The summed E-state index contributed by atoms with van der Waals surface area (Å²) in [6.45, 7) is 0. The molecule has 0 aromatic heterocycles. The third-order valence-corrected chi connectivity index (χ3v) is 5.05. The van der Waals surface area contributed by atoms with Crippen LogP contribution in [0.1, 0.15) is 0 Å². The summed E-state index contributed by atoms with van der Waals surface area (Å²) in [6, 6.07) is -1.05. The molecule has 0 rings (SSSR count). The first-order valence-corrected chi connectivity index (χ1v) is 8.23. The van der Waals surface area contributed by atoms with Gasteiger partial charge in [-0.15, -0.1) is 0 Å². The standard InChI is InChI=1S/C11H22N2O4S2/c1-12(2)8(10(14)15)6-18-19-7-9(11(16)17)13(3,4)5/h8-9H,6-7H2,1-5H3,(H-,14,15,16,17)/p+1. The van der Waals surface area contributed by atoms with Gasteiger partial charge in [0.15, 0.2) is 6.04 Å². The Morgan fingerprint density at radius 1 is 1.05 bits per heavy atom. The quantitative estimate of drug-likeness (QED) is 0.365. The van der Waals surface area contributed by atoms with Gasteiger partial charge in [-0.3, -0.25) is 9.69 Å². The molecule has 0 bridgehead atoms. The van der Waals surface area contributed by atoms with E-state index in [4.69, 9.17) is 10.2 Å². The number of hydrogen-bond acceptors (Lipinski definition) is 5. The van der Waals surface area contributed by atoms with E-state index < -0.39 is 24.0 Å². The number of carboxylic acids is 2. The summed E-state index contributed by atoms with van der Waals surface area (Å²) in [4.78, 5) is 23.8. The van der Waals surface area contributed by atoms with E-state index >= 15 is 0 Å². The number of rotatable bonds is 9. The zero-order chi connectivity index (χ0) is 15.2. The molecule has 2 unspecified atom stereocenters. The van der Waals surface area contributed by atoms with Crippen LogP contribution in [0.25, 0.3) is 0 Å². The van der Waals surface area contributed by atoms with Gasteiger partial charge in [0.2, 0.25) is 0 Å². The highest BCUT2D eigenvalue weighted by Crippen LogP contribution is 2.26. The second-order valence-electron chi connectivity index (χ2n) is 5.36. The Labute approximate surface area is 122 Å². The minimum atomic E-state index is -0.862. The fraction of sp³-hybridized carbons (Fsp3) is 0.818. The fourth-order valence-electron chi connectivity index (χ4n) is 1.29. The average Bonchev–Trinajstić information content (AvgIpc) is 2.19. The Bertz CT molecular complexity index is 318. The Morgan fingerprint density at radius 3 is 1.84 bits per heavy atom. The molecule has 8 heteroatoms. The summed E-state index contributed by atoms with van der Waals surface area (Å²) in [7, 11) is 11.8. The predicted molar refractivity (Wildman–Crippen MR) is 79.5 cm³/mol. The average molecular weight is 311 g/mol. The Balaban J connectivity index is 4.21. The SMILES string of the molecule is CN(C)C(CSSCC(C(=O)O)[N+](C)(C)C)C(=O)O. The van der Waals surface area contributed by atoms with Gasteiger partial charge in [0.05, 0.1) is 26.9 Å². The van der Waals surface area contributed by atoms with Gasteiger partial charge in [0.25, 0.3) is 0 Å². The molecule has 0 aliphatic carbocycles. The third kappa shape index (κ3) is 7.05. The highest BCUT2D eigenvalue weighted by molar-refractivity contribution is 8.76. The first kappa shape index (κ1) is 18.6. The van der Waals surface area contributed by atoms with Crippen LogP contribution in [-0.2, 0) is 9.59 Å². The molecule has 0 aromatic carbocycles. The van der Waals surface area contributed by atoms with Crippen molar-refractivity contribution >= 4 is 33.5 Å². The minimum Gasteiger partial charge on any atom is -0.480 e. The van der Waals surface area contributed by atoms with Gasteiger partial charge < -0.3 is 14.7 Å². The van der Waals surface area contributed by atoms with Crippen LogP contribution >= 0.6 is 21.6 Å². The maximum absolute atomic E-state index is 11.2. The lowest BCUT2D eigenvalue weighted by Crippen LogP contribution is -2.51. The number of carbonyl (C=O) groups is 2. The number of hydrogen-bond donors (Lipinski definition) is 2. The topological polar surface area (TPSA) is 77.8 Å². The van der Waals surface area contributed by atoms with E-state index in [9.17, 15) is 9.59 Å². The molecule has 2 N–H and O–H groups in total. The van der Waals surface area contributed by atoms with Crippen LogP contribution in [0.5, 0.6) is 0 Å². The molecule has 0 aliphatic heterocycles. The van der Waals surface area contributed by atoms with E-state index in [0.717, 1.165) is 0 Å². The zero-order valence-corrected chi connectivity index (χ0v) is 13.6. The first-order chi connectivity index (χ1) is 8.57. The van der Waals surface area contributed by atoms with Crippen molar-refractivity contribution < 1.29 is 24.3 Å². The van der Waals surface area contributed by atoms with Crippen LogP contribution in [-0.4, -0.2) is 90.4 Å². The molecule has 0 radical (unpaired) electrons. The molecular weight excluding hydrogens is 288 g/mol. The van der Waals surface area contributed by atoms with E-state index in [1.54, 1.807) is 19.0 Å². The van der Waals surface area contributed by atoms with E-state index in [0.29, 0.717) is 16.0 Å². The van der Waals surface area contributed by atoms with Gasteiger partial charge in [-0.05, 0) is 14.1 Å². The second kappa shape index (κ2) is 7.98. The number of carboxylic acid groups (broad SMARTS) is 2. The summed E-state index contributed by atoms with van der Waals surface area (Å²) in [5, 5.41) is 18.2. The van der Waals surface area contributed by atoms with Crippen LogP contribution in [0.4, 0.5) is 0 Å². The summed E-state index contributed by atoms with van der Waals surface area (Å²) >= 11 is 0. The van der Waals surface area contributed by atoms with E-state index in [2.05, 4.69) is 0 Å². The van der Waals surface area contributed by atoms with Crippen molar-refractivity contribution in [1.29, 1.82) is 0 Å². The van der Waals surface area contributed by atoms with Gasteiger partial charge in [0.1, 0.15) is 6.04 Å². The molecule has 0 aliphatic rings. The van der Waals surface area contributed by atoms with Gasteiger partial charge in [-0.25, -0.2) is 4.79 Å². The molecule has 112 valence electrons. The summed E-state index contributed by atoms with van der Waals surface area (Å²) in [5.41, 5.74) is 0. The third-order valence-electron chi connectivity index (χ3n) is 2.66. The molecule has 0 fully saturated rings. The summed E-state index contributed by atoms with van der Waals surface area (Å²) in [5.74, 6) is -0.817. The van der Waals surface area contributed by atoms with Gasteiger partial charge in [0, 0.05) is 5.75 Å². The van der Waals surface area contributed by atoms with Crippen LogP contribution < -0.4 is 0 Å². The molecule has 0 heterocycles. The lowest BCUT2D eigenvalue weighted by atomic mass is 10.3. The normalized spacial score (nSPS) is 15.3. The maximum atomic E-state index is 11.2. The van der Waals surface area contributed by atoms with Crippen molar-refractivity contribution in [3.05, 3.63) is 0 Å². The molecule has 6 nitrogen and oxygen atoms in total. The summed E-state index contributed by atoms with van der Waals surface area (Å²) in [6.07, 6.45) is 0. The van der Waals surface area contributed by atoms with Crippen LogP contribution in [0.2, 0.25) is 0 Å². The van der Waals surface area contributed by atoms with Crippen LogP contribution in [0, 0.1) is 0 Å². The van der Waals surface area contributed by atoms with E-state index in [1.165, 1.54) is 21.6 Å². The fourth-order valence-corrected chi connectivity index (χ4v) is 4.12. The molecule has 0 saturated carbocycles. The summed E-state index contributed by atoms with van der Waals surface area (Å²) < 4.78 is 0.346. The molecule has 2 atom stereocenters. The van der Waals surface area contributed by atoms with Gasteiger partial charge in [-0.2, -0.15) is 0 Å². The predicted octanol–water partition coefficient (Wildman–Crippen LogP) is 0.542. The first-order valence-electron chi connectivity index (χ1n) is 5.75. The largest absolute Gasteiger partial charge is 0.480 e. The second-order valence-corrected chi connectivity index (χ2v) is 7.91. The Kier molecular flexibility index (Phi) is 7.80.